The van der Waals surface area contributed by atoms with E-state index in [1.165, 1.54) is 0 Å². The Labute approximate surface area is 276 Å². The van der Waals surface area contributed by atoms with Crippen LogP contribution in [0, 0.1) is 55.4 Å². The number of hydrogen-bond acceptors (Lipinski definition) is 5. The Hall–Kier alpha value is -3.96. The Morgan fingerprint density at radius 1 is 0.383 bits per heavy atom. The molecule has 0 aromatic heterocycles. The minimum absolute atomic E-state index is 0.0352. The number of rotatable bonds is 4. The highest BCUT2D eigenvalue weighted by molar-refractivity contribution is 7.61. The van der Waals surface area contributed by atoms with Crippen LogP contribution in [-0.2, 0) is 13.4 Å². The van der Waals surface area contributed by atoms with E-state index >= 15 is 0 Å². The van der Waals surface area contributed by atoms with Crippen molar-refractivity contribution in [2.75, 3.05) is 0 Å². The van der Waals surface area contributed by atoms with Gasteiger partial charge in [-0.05, 0) is 122 Å². The summed E-state index contributed by atoms with van der Waals surface area (Å²) in [4.78, 5) is 22.2. The average Bonchev–Trinajstić information content (AvgIpc) is 2.95. The molecule has 0 amide bonds. The fourth-order valence-electron chi connectivity index (χ4n) is 7.07. The van der Waals surface area contributed by atoms with Gasteiger partial charge in [0.1, 0.15) is 0 Å². The molecule has 0 radical (unpaired) electrons. The van der Waals surface area contributed by atoms with E-state index in [0.717, 1.165) is 61.2 Å². The van der Waals surface area contributed by atoms with Crippen LogP contribution in [0.2, 0.25) is 0 Å². The fraction of sp³-hybridized carbons (Fsp3) is 0.211. The van der Waals surface area contributed by atoms with E-state index in [1.54, 1.807) is 0 Å². The van der Waals surface area contributed by atoms with E-state index in [-0.39, 0.29) is 11.5 Å². The molecule has 1 heterocycles. The van der Waals surface area contributed by atoms with E-state index in [0.29, 0.717) is 27.8 Å². The van der Waals surface area contributed by atoms with Crippen molar-refractivity contribution >= 4 is 15.6 Å². The Kier molecular flexibility index (Phi) is 8.37. The van der Waals surface area contributed by atoms with E-state index in [4.69, 9.17) is 13.4 Å². The third-order valence-electron chi connectivity index (χ3n) is 8.95. The van der Waals surface area contributed by atoms with E-state index < -0.39 is 15.6 Å². The van der Waals surface area contributed by atoms with Gasteiger partial charge in [-0.3, -0.25) is 9.79 Å². The molecule has 9 heteroatoms. The first kappa shape index (κ1) is 33.0. The average molecular weight is 669 g/mol. The molecule has 2 atom stereocenters. The maximum atomic E-state index is 13.7. The monoisotopic (exact) mass is 668 g/mol. The lowest BCUT2D eigenvalue weighted by Gasteiger charge is -2.33. The Morgan fingerprint density at radius 3 is 0.894 bits per heavy atom. The molecule has 0 spiro atoms. The van der Waals surface area contributed by atoms with Crippen molar-refractivity contribution in [3.05, 3.63) is 117 Å². The first-order valence-corrected chi connectivity index (χ1v) is 18.4. The summed E-state index contributed by atoms with van der Waals surface area (Å²) < 4.78 is 44.4. The summed E-state index contributed by atoms with van der Waals surface area (Å²) in [6.45, 7) is 15.8. The lowest BCUT2D eigenvalue weighted by molar-refractivity contribution is 0.230. The van der Waals surface area contributed by atoms with Crippen molar-refractivity contribution in [1.29, 1.82) is 0 Å². The molecule has 0 fully saturated rings. The Morgan fingerprint density at radius 2 is 0.617 bits per heavy atom. The first-order valence-electron chi connectivity index (χ1n) is 15.4. The first-order chi connectivity index (χ1) is 22.1. The van der Waals surface area contributed by atoms with Crippen LogP contribution in [0.5, 0.6) is 11.5 Å². The molecule has 1 aliphatic rings. The molecule has 7 nitrogen and oxygen atoms in total. The summed E-state index contributed by atoms with van der Waals surface area (Å²) in [5.41, 5.74) is 12.4. The number of benzene rings is 5. The molecular formula is C38H38O7P2. The van der Waals surface area contributed by atoms with Crippen LogP contribution in [0.25, 0.3) is 44.5 Å². The molecule has 242 valence electrons. The molecule has 0 aliphatic carbocycles. The number of fused-ring (bicyclic) bond motifs is 2. The maximum absolute atomic E-state index is 13.7. The van der Waals surface area contributed by atoms with E-state index in [2.05, 4.69) is 0 Å². The van der Waals surface area contributed by atoms with Crippen molar-refractivity contribution in [1.82, 2.24) is 0 Å². The van der Waals surface area contributed by atoms with Crippen LogP contribution in [0.15, 0.2) is 72.8 Å². The predicted molar refractivity (Wildman–Crippen MR) is 188 cm³/mol. The Bertz CT molecular complexity index is 2020. The Balaban J connectivity index is 2.07. The number of aryl methyl sites for hydroxylation is 8. The highest BCUT2D eigenvalue weighted by Gasteiger charge is 2.46. The third kappa shape index (κ3) is 5.77. The predicted octanol–water partition coefficient (Wildman–Crippen LogP) is 10.8. The number of phosphoric ester groups is 2. The number of phosphoric acid groups is 2. The molecule has 0 saturated heterocycles. The van der Waals surface area contributed by atoms with E-state index in [1.807, 2.05) is 128 Å². The summed E-state index contributed by atoms with van der Waals surface area (Å²) in [6, 6.07) is 23.7. The number of hydrogen-bond donors (Lipinski definition) is 2. The van der Waals surface area contributed by atoms with Crippen LogP contribution in [0.1, 0.15) is 44.5 Å². The SMILES string of the molecule is Cc1cccc(C)c1-c1c2c(-c3c(C)cccc3C)c(-c3c(C)cccc3C)c(-c3c(C)cccc3C)c1OP(=O)(O)OP(=O)(O)O2. The minimum atomic E-state index is -5.23. The highest BCUT2D eigenvalue weighted by atomic mass is 31.3. The van der Waals surface area contributed by atoms with Gasteiger partial charge in [-0.15, -0.1) is 0 Å². The van der Waals surface area contributed by atoms with Crippen molar-refractivity contribution < 1.29 is 32.3 Å². The van der Waals surface area contributed by atoms with Crippen molar-refractivity contribution in [3.63, 3.8) is 0 Å². The molecule has 5 aromatic rings. The lowest BCUT2D eigenvalue weighted by atomic mass is 9.77. The molecule has 1 aliphatic heterocycles. The van der Waals surface area contributed by atoms with Gasteiger partial charge in [0.25, 0.3) is 0 Å². The topological polar surface area (TPSA) is 102 Å². The fourth-order valence-corrected chi connectivity index (χ4v) is 9.21. The zero-order valence-corrected chi connectivity index (χ0v) is 29.5. The molecule has 5 aromatic carbocycles. The van der Waals surface area contributed by atoms with Crippen LogP contribution in [0.3, 0.4) is 0 Å². The molecule has 6 rings (SSSR count). The van der Waals surface area contributed by atoms with Crippen molar-refractivity contribution in [3.8, 4) is 56.0 Å². The van der Waals surface area contributed by atoms with E-state index in [9.17, 15) is 18.9 Å². The summed E-state index contributed by atoms with van der Waals surface area (Å²) in [5.74, 6) is 0.0703. The highest BCUT2D eigenvalue weighted by Crippen LogP contribution is 2.69. The largest absolute Gasteiger partial charge is 0.537 e. The van der Waals surface area contributed by atoms with Crippen molar-refractivity contribution in [2.24, 2.45) is 0 Å². The second-order valence-electron chi connectivity index (χ2n) is 12.4. The van der Waals surface area contributed by atoms with Gasteiger partial charge in [0.2, 0.25) is 0 Å². The summed E-state index contributed by atoms with van der Waals surface area (Å²) in [7, 11) is -10.5. The molecule has 2 N–H and O–H groups in total. The molecule has 0 saturated carbocycles. The van der Waals surface area contributed by atoms with Gasteiger partial charge < -0.3 is 9.05 Å². The standard InChI is InChI=1S/C38H38O7P2/c1-21-13-9-14-22(2)29(21)33-34(30-23(3)15-10-16-24(30)4)37-36(32-27(7)19-12-20-28(32)8)38(44-47(41,42)45-46(39,40)43-37)35(33)31-25(5)17-11-18-26(31)6/h9-20H,1-8H3,(H,39,40)(H,41,42). The van der Waals surface area contributed by atoms with Gasteiger partial charge in [0, 0.05) is 16.7 Å². The van der Waals surface area contributed by atoms with Gasteiger partial charge in [-0.2, -0.15) is 4.31 Å². The van der Waals surface area contributed by atoms with Gasteiger partial charge in [0.05, 0.1) is 5.56 Å². The maximum Gasteiger partial charge on any atom is 0.537 e. The van der Waals surface area contributed by atoms with Crippen LogP contribution < -0.4 is 9.05 Å². The second kappa shape index (κ2) is 11.9. The zero-order chi connectivity index (χ0) is 34.0. The normalized spacial score (nSPS) is 19.0. The van der Waals surface area contributed by atoms with Crippen LogP contribution in [-0.4, -0.2) is 9.79 Å². The summed E-state index contributed by atoms with van der Waals surface area (Å²) in [5, 5.41) is 0. The van der Waals surface area contributed by atoms with Gasteiger partial charge in [-0.25, -0.2) is 9.13 Å². The van der Waals surface area contributed by atoms with Gasteiger partial charge >= 0.3 is 15.6 Å². The van der Waals surface area contributed by atoms with Crippen LogP contribution in [0.4, 0.5) is 0 Å². The molecule has 2 unspecified atom stereocenters. The van der Waals surface area contributed by atoms with Gasteiger partial charge in [0.15, 0.2) is 11.5 Å². The second-order valence-corrected chi connectivity index (χ2v) is 15.3. The van der Waals surface area contributed by atoms with Crippen molar-refractivity contribution in [2.45, 2.75) is 55.4 Å². The zero-order valence-electron chi connectivity index (χ0n) is 27.8. The molecule has 2 bridgehead atoms. The van der Waals surface area contributed by atoms with Gasteiger partial charge in [-0.1, -0.05) is 72.8 Å². The molecule has 47 heavy (non-hydrogen) atoms. The summed E-state index contributed by atoms with van der Waals surface area (Å²) >= 11 is 0. The molecular weight excluding hydrogens is 630 g/mol. The van der Waals surface area contributed by atoms with Crippen LogP contribution >= 0.6 is 15.6 Å². The quantitative estimate of drug-likeness (QED) is 0.184. The summed E-state index contributed by atoms with van der Waals surface area (Å²) in [6.07, 6.45) is 0. The minimum Gasteiger partial charge on any atom is -0.402 e. The third-order valence-corrected chi connectivity index (χ3v) is 11.4. The lowest BCUT2D eigenvalue weighted by Crippen LogP contribution is -2.12. The smallest absolute Gasteiger partial charge is 0.402 e.